The SMILES string of the molecule is Cc1nc(Cc2ccc(Br)cc2)ncc1C(C)Cl. The fourth-order valence-corrected chi connectivity index (χ4v) is 2.26. The Morgan fingerprint density at radius 1 is 1.28 bits per heavy atom. The fourth-order valence-electron chi connectivity index (χ4n) is 1.79. The van der Waals surface area contributed by atoms with Gasteiger partial charge in [-0.25, -0.2) is 9.97 Å². The highest BCUT2D eigenvalue weighted by Gasteiger charge is 2.08. The maximum Gasteiger partial charge on any atom is 0.132 e. The molecule has 0 radical (unpaired) electrons. The summed E-state index contributed by atoms with van der Waals surface area (Å²) in [5.74, 6) is 0.830. The van der Waals surface area contributed by atoms with Crippen LogP contribution in [0.5, 0.6) is 0 Å². The molecule has 2 aromatic rings. The van der Waals surface area contributed by atoms with Crippen LogP contribution in [0, 0.1) is 6.92 Å². The Morgan fingerprint density at radius 2 is 1.94 bits per heavy atom. The van der Waals surface area contributed by atoms with Gasteiger partial charge in [0.1, 0.15) is 5.82 Å². The molecule has 94 valence electrons. The van der Waals surface area contributed by atoms with E-state index in [1.165, 1.54) is 5.56 Å². The number of hydrogen-bond donors (Lipinski definition) is 0. The molecule has 1 aromatic heterocycles. The monoisotopic (exact) mass is 324 g/mol. The molecule has 0 saturated heterocycles. The number of halogens is 2. The zero-order chi connectivity index (χ0) is 13.1. The predicted molar refractivity (Wildman–Crippen MR) is 78.0 cm³/mol. The van der Waals surface area contributed by atoms with Gasteiger partial charge < -0.3 is 0 Å². The minimum atomic E-state index is -0.0493. The number of rotatable bonds is 3. The zero-order valence-electron chi connectivity index (χ0n) is 10.3. The van der Waals surface area contributed by atoms with E-state index in [1.807, 2.05) is 32.2 Å². The van der Waals surface area contributed by atoms with Crippen LogP contribution in [-0.2, 0) is 6.42 Å². The molecule has 0 amide bonds. The van der Waals surface area contributed by atoms with Gasteiger partial charge in [0.2, 0.25) is 0 Å². The van der Waals surface area contributed by atoms with Gasteiger partial charge in [-0.1, -0.05) is 28.1 Å². The number of aromatic nitrogens is 2. The number of benzene rings is 1. The molecule has 18 heavy (non-hydrogen) atoms. The molecule has 0 spiro atoms. The number of hydrogen-bond acceptors (Lipinski definition) is 2. The summed E-state index contributed by atoms with van der Waals surface area (Å²) in [6.07, 6.45) is 2.57. The van der Waals surface area contributed by atoms with Crippen molar-refractivity contribution in [2.75, 3.05) is 0 Å². The van der Waals surface area contributed by atoms with Crippen molar-refractivity contribution in [2.24, 2.45) is 0 Å². The maximum absolute atomic E-state index is 6.05. The molecular weight excluding hydrogens is 312 g/mol. The normalized spacial score (nSPS) is 12.4. The topological polar surface area (TPSA) is 25.8 Å². The van der Waals surface area contributed by atoms with E-state index in [-0.39, 0.29) is 5.38 Å². The van der Waals surface area contributed by atoms with Crippen LogP contribution in [-0.4, -0.2) is 9.97 Å². The highest BCUT2D eigenvalue weighted by molar-refractivity contribution is 9.10. The van der Waals surface area contributed by atoms with E-state index in [0.717, 1.165) is 28.0 Å². The Kier molecular flexibility index (Phi) is 4.36. The van der Waals surface area contributed by atoms with Gasteiger partial charge in [-0.3, -0.25) is 0 Å². The first kappa shape index (κ1) is 13.5. The summed E-state index contributed by atoms with van der Waals surface area (Å²) in [5, 5.41) is -0.0493. The molecule has 4 heteroatoms. The van der Waals surface area contributed by atoms with Gasteiger partial charge in [-0.15, -0.1) is 11.6 Å². The molecule has 0 aliphatic heterocycles. The number of alkyl halides is 1. The molecule has 0 bridgehead atoms. The second-order valence-electron chi connectivity index (χ2n) is 4.25. The van der Waals surface area contributed by atoms with Crippen molar-refractivity contribution in [2.45, 2.75) is 25.6 Å². The van der Waals surface area contributed by atoms with Crippen molar-refractivity contribution in [1.82, 2.24) is 9.97 Å². The largest absolute Gasteiger partial charge is 0.241 e. The lowest BCUT2D eigenvalue weighted by Crippen LogP contribution is -2.02. The van der Waals surface area contributed by atoms with Crippen LogP contribution in [0.4, 0.5) is 0 Å². The third-order valence-electron chi connectivity index (χ3n) is 2.77. The first-order valence-corrected chi connectivity index (χ1v) is 7.00. The van der Waals surface area contributed by atoms with E-state index >= 15 is 0 Å². The molecule has 0 N–H and O–H groups in total. The first-order chi connectivity index (χ1) is 8.56. The van der Waals surface area contributed by atoms with E-state index in [1.54, 1.807) is 0 Å². The smallest absolute Gasteiger partial charge is 0.132 e. The Balaban J connectivity index is 2.20. The van der Waals surface area contributed by atoms with Gasteiger partial charge in [-0.05, 0) is 31.5 Å². The van der Waals surface area contributed by atoms with Crippen molar-refractivity contribution < 1.29 is 0 Å². The average Bonchev–Trinajstić information content (AvgIpc) is 2.32. The quantitative estimate of drug-likeness (QED) is 0.780. The molecule has 1 atom stereocenters. The summed E-state index contributed by atoms with van der Waals surface area (Å²) < 4.78 is 1.08. The summed E-state index contributed by atoms with van der Waals surface area (Å²) in [5.41, 5.74) is 3.15. The minimum absolute atomic E-state index is 0.0493. The van der Waals surface area contributed by atoms with E-state index in [9.17, 15) is 0 Å². The Bertz CT molecular complexity index is 538. The third kappa shape index (κ3) is 3.30. The number of nitrogens with zero attached hydrogens (tertiary/aromatic N) is 2. The molecule has 2 rings (SSSR count). The van der Waals surface area contributed by atoms with Crippen LogP contribution in [0.25, 0.3) is 0 Å². The third-order valence-corrected chi connectivity index (χ3v) is 3.54. The van der Waals surface area contributed by atoms with Crippen molar-refractivity contribution >= 4 is 27.5 Å². The Morgan fingerprint density at radius 3 is 2.50 bits per heavy atom. The van der Waals surface area contributed by atoms with Crippen LogP contribution in [0.1, 0.15) is 34.9 Å². The molecule has 1 unspecified atom stereocenters. The molecule has 0 saturated carbocycles. The predicted octanol–water partition coefficient (Wildman–Crippen LogP) is 4.44. The zero-order valence-corrected chi connectivity index (χ0v) is 12.7. The molecule has 2 nitrogen and oxygen atoms in total. The van der Waals surface area contributed by atoms with Crippen molar-refractivity contribution in [3.8, 4) is 0 Å². The summed E-state index contributed by atoms with van der Waals surface area (Å²) in [6.45, 7) is 3.91. The minimum Gasteiger partial charge on any atom is -0.241 e. The van der Waals surface area contributed by atoms with Gasteiger partial charge in [0.15, 0.2) is 0 Å². The molecule has 0 aliphatic rings. The standard InChI is InChI=1S/C14H14BrClN2/c1-9(16)13-8-17-14(18-10(13)2)7-11-3-5-12(15)6-4-11/h3-6,8-9H,7H2,1-2H3. The van der Waals surface area contributed by atoms with E-state index in [2.05, 4.69) is 38.0 Å². The van der Waals surface area contributed by atoms with Gasteiger partial charge >= 0.3 is 0 Å². The van der Waals surface area contributed by atoms with E-state index < -0.39 is 0 Å². The van der Waals surface area contributed by atoms with Crippen LogP contribution in [0.15, 0.2) is 34.9 Å². The Hall–Kier alpha value is -0.930. The van der Waals surface area contributed by atoms with Crippen LogP contribution in [0.2, 0.25) is 0 Å². The van der Waals surface area contributed by atoms with Gasteiger partial charge in [0.05, 0.1) is 5.38 Å². The van der Waals surface area contributed by atoms with Gasteiger partial charge in [0, 0.05) is 28.3 Å². The Labute approximate surface area is 121 Å². The lowest BCUT2D eigenvalue weighted by atomic mass is 10.1. The lowest BCUT2D eigenvalue weighted by molar-refractivity contribution is 0.895. The second kappa shape index (κ2) is 5.81. The van der Waals surface area contributed by atoms with Crippen LogP contribution >= 0.6 is 27.5 Å². The first-order valence-electron chi connectivity index (χ1n) is 5.77. The molecule has 1 aromatic carbocycles. The molecule has 1 heterocycles. The van der Waals surface area contributed by atoms with Crippen molar-refractivity contribution in [1.29, 1.82) is 0 Å². The van der Waals surface area contributed by atoms with Gasteiger partial charge in [-0.2, -0.15) is 0 Å². The number of aryl methyl sites for hydroxylation is 1. The van der Waals surface area contributed by atoms with Crippen LogP contribution < -0.4 is 0 Å². The molecular formula is C14H14BrClN2. The van der Waals surface area contributed by atoms with E-state index in [4.69, 9.17) is 11.6 Å². The van der Waals surface area contributed by atoms with Crippen molar-refractivity contribution in [3.05, 3.63) is 57.6 Å². The lowest BCUT2D eigenvalue weighted by Gasteiger charge is -2.08. The fraction of sp³-hybridized carbons (Fsp3) is 0.286. The van der Waals surface area contributed by atoms with Crippen LogP contribution in [0.3, 0.4) is 0 Å². The summed E-state index contributed by atoms with van der Waals surface area (Å²) >= 11 is 9.48. The average molecular weight is 326 g/mol. The molecule has 0 aliphatic carbocycles. The highest BCUT2D eigenvalue weighted by atomic mass is 79.9. The summed E-state index contributed by atoms with van der Waals surface area (Å²) in [4.78, 5) is 8.88. The summed E-state index contributed by atoms with van der Waals surface area (Å²) in [6, 6.07) is 8.19. The van der Waals surface area contributed by atoms with Gasteiger partial charge in [0.25, 0.3) is 0 Å². The van der Waals surface area contributed by atoms with E-state index in [0.29, 0.717) is 0 Å². The second-order valence-corrected chi connectivity index (χ2v) is 5.82. The molecule has 0 fully saturated rings. The summed E-state index contributed by atoms with van der Waals surface area (Å²) in [7, 11) is 0. The van der Waals surface area contributed by atoms with Crippen molar-refractivity contribution in [3.63, 3.8) is 0 Å². The maximum atomic E-state index is 6.05. The highest BCUT2D eigenvalue weighted by Crippen LogP contribution is 2.21.